The molecule has 1 atom stereocenters. The van der Waals surface area contributed by atoms with E-state index in [4.69, 9.17) is 4.74 Å². The zero-order valence-electron chi connectivity index (χ0n) is 19.5. The standard InChI is InChI=1S/C25H33FN4O3/c1-18-14-23(19(2)30(18)15-22-4-3-13-33-22)24(31)16-28-9-11-29(12-10-28)17-25(32)27-21-7-5-20(26)6-8-21/h5-8,14,22H,3-4,9-13,15-17H2,1-2H3,(H,27,32)/t22-/m0/s1. The van der Waals surface area contributed by atoms with Crippen LogP contribution in [0.1, 0.15) is 34.6 Å². The van der Waals surface area contributed by atoms with Gasteiger partial charge < -0.3 is 14.6 Å². The van der Waals surface area contributed by atoms with E-state index in [1.165, 1.54) is 12.1 Å². The number of Topliss-reactive ketones (excluding diaryl/α,β-unsaturated/α-hetero) is 1. The molecule has 4 rings (SSSR count). The fourth-order valence-corrected chi connectivity index (χ4v) is 4.69. The molecule has 8 heteroatoms. The van der Waals surface area contributed by atoms with Gasteiger partial charge in [0.15, 0.2) is 5.78 Å². The lowest BCUT2D eigenvalue weighted by molar-refractivity contribution is -0.117. The number of nitrogens with one attached hydrogen (secondary N) is 1. The van der Waals surface area contributed by atoms with Crippen molar-refractivity contribution < 1.29 is 18.7 Å². The summed E-state index contributed by atoms with van der Waals surface area (Å²) in [4.78, 5) is 29.5. The van der Waals surface area contributed by atoms with E-state index in [0.29, 0.717) is 12.2 Å². The first-order valence-corrected chi connectivity index (χ1v) is 11.7. The Morgan fingerprint density at radius 2 is 1.73 bits per heavy atom. The molecule has 0 radical (unpaired) electrons. The number of hydrogen-bond donors (Lipinski definition) is 1. The Morgan fingerprint density at radius 1 is 1.06 bits per heavy atom. The van der Waals surface area contributed by atoms with Crippen molar-refractivity contribution in [2.45, 2.75) is 39.3 Å². The number of aromatic nitrogens is 1. The smallest absolute Gasteiger partial charge is 0.238 e. The molecule has 178 valence electrons. The summed E-state index contributed by atoms with van der Waals surface area (Å²) in [5.41, 5.74) is 3.50. The zero-order valence-corrected chi connectivity index (χ0v) is 19.5. The number of amides is 1. The minimum atomic E-state index is -0.330. The highest BCUT2D eigenvalue weighted by molar-refractivity contribution is 5.99. The van der Waals surface area contributed by atoms with Gasteiger partial charge in [0, 0.05) is 62.0 Å². The van der Waals surface area contributed by atoms with E-state index < -0.39 is 0 Å². The monoisotopic (exact) mass is 456 g/mol. The molecule has 1 aromatic heterocycles. The van der Waals surface area contributed by atoms with Crippen LogP contribution in [0.2, 0.25) is 0 Å². The maximum Gasteiger partial charge on any atom is 0.238 e. The summed E-state index contributed by atoms with van der Waals surface area (Å²) in [7, 11) is 0. The Morgan fingerprint density at radius 3 is 2.36 bits per heavy atom. The minimum absolute atomic E-state index is 0.121. The molecule has 1 aromatic carbocycles. The Hall–Kier alpha value is -2.55. The molecule has 2 saturated heterocycles. The Balaban J connectivity index is 1.24. The van der Waals surface area contributed by atoms with Gasteiger partial charge >= 0.3 is 0 Å². The number of nitrogens with zero attached hydrogens (tertiary/aromatic N) is 3. The van der Waals surface area contributed by atoms with E-state index in [0.717, 1.165) is 69.1 Å². The van der Waals surface area contributed by atoms with Crippen molar-refractivity contribution in [3.8, 4) is 0 Å². The van der Waals surface area contributed by atoms with Crippen LogP contribution in [0.3, 0.4) is 0 Å². The highest BCUT2D eigenvalue weighted by atomic mass is 19.1. The maximum atomic E-state index is 13.0. The van der Waals surface area contributed by atoms with Crippen LogP contribution in [-0.4, -0.2) is 78.0 Å². The number of piperazine rings is 1. The second-order valence-corrected chi connectivity index (χ2v) is 9.06. The number of hydrogen-bond acceptors (Lipinski definition) is 5. The summed E-state index contributed by atoms with van der Waals surface area (Å²) in [6.07, 6.45) is 2.42. The average molecular weight is 457 g/mol. The van der Waals surface area contributed by atoms with Crippen molar-refractivity contribution in [3.63, 3.8) is 0 Å². The third-order valence-electron chi connectivity index (χ3n) is 6.61. The molecule has 0 spiro atoms. The Kier molecular flexibility index (Phi) is 7.57. The lowest BCUT2D eigenvalue weighted by Gasteiger charge is -2.33. The molecular formula is C25H33FN4O3. The molecule has 7 nitrogen and oxygen atoms in total. The number of carbonyl (C=O) groups is 2. The molecule has 0 saturated carbocycles. The van der Waals surface area contributed by atoms with Crippen LogP contribution < -0.4 is 5.32 Å². The number of carbonyl (C=O) groups excluding carboxylic acids is 2. The molecule has 2 fully saturated rings. The second kappa shape index (κ2) is 10.6. The van der Waals surface area contributed by atoms with Gasteiger partial charge in [-0.25, -0.2) is 4.39 Å². The van der Waals surface area contributed by atoms with Crippen LogP contribution >= 0.6 is 0 Å². The molecule has 0 bridgehead atoms. The first-order chi connectivity index (χ1) is 15.9. The predicted octanol–water partition coefficient (Wildman–Crippen LogP) is 2.86. The molecule has 1 amide bonds. The lowest BCUT2D eigenvalue weighted by atomic mass is 10.1. The highest BCUT2D eigenvalue weighted by Gasteiger charge is 2.24. The maximum absolute atomic E-state index is 13.0. The summed E-state index contributed by atoms with van der Waals surface area (Å²) in [5.74, 6) is -0.308. The van der Waals surface area contributed by atoms with Crippen LogP contribution in [-0.2, 0) is 16.1 Å². The predicted molar refractivity (Wildman–Crippen MR) is 125 cm³/mol. The van der Waals surface area contributed by atoms with E-state index in [2.05, 4.69) is 26.6 Å². The van der Waals surface area contributed by atoms with Crippen LogP contribution in [0.4, 0.5) is 10.1 Å². The highest BCUT2D eigenvalue weighted by Crippen LogP contribution is 2.21. The molecule has 1 N–H and O–H groups in total. The fourth-order valence-electron chi connectivity index (χ4n) is 4.69. The number of ketones is 1. The van der Waals surface area contributed by atoms with E-state index >= 15 is 0 Å². The van der Waals surface area contributed by atoms with E-state index in [-0.39, 0.29) is 30.2 Å². The summed E-state index contributed by atoms with van der Waals surface area (Å²) in [6, 6.07) is 7.75. The van der Waals surface area contributed by atoms with Crippen molar-refractivity contribution in [3.05, 3.63) is 53.1 Å². The van der Waals surface area contributed by atoms with Gasteiger partial charge in [-0.05, 0) is 57.0 Å². The number of aryl methyl sites for hydroxylation is 1. The molecule has 2 aromatic rings. The quantitative estimate of drug-likeness (QED) is 0.619. The van der Waals surface area contributed by atoms with Gasteiger partial charge in [-0.3, -0.25) is 19.4 Å². The molecule has 0 aliphatic carbocycles. The van der Waals surface area contributed by atoms with Crippen molar-refractivity contribution >= 4 is 17.4 Å². The van der Waals surface area contributed by atoms with Gasteiger partial charge in [0.2, 0.25) is 5.91 Å². The number of rotatable bonds is 8. The summed E-state index contributed by atoms with van der Waals surface area (Å²) >= 11 is 0. The topological polar surface area (TPSA) is 66.8 Å². The van der Waals surface area contributed by atoms with Gasteiger partial charge in [0.1, 0.15) is 5.82 Å². The van der Waals surface area contributed by atoms with Crippen molar-refractivity contribution in [1.82, 2.24) is 14.4 Å². The molecule has 3 heterocycles. The van der Waals surface area contributed by atoms with Gasteiger partial charge in [0.25, 0.3) is 0 Å². The third kappa shape index (κ3) is 6.07. The van der Waals surface area contributed by atoms with Crippen molar-refractivity contribution in [2.75, 3.05) is 51.2 Å². The molecule has 0 unspecified atom stereocenters. The van der Waals surface area contributed by atoms with Crippen molar-refractivity contribution in [2.24, 2.45) is 0 Å². The van der Waals surface area contributed by atoms with Crippen LogP contribution in [0.15, 0.2) is 30.3 Å². The molecule has 33 heavy (non-hydrogen) atoms. The SMILES string of the molecule is Cc1cc(C(=O)CN2CCN(CC(=O)Nc3ccc(F)cc3)CC2)c(C)n1C[C@@H]1CCCO1. The first kappa shape index (κ1) is 23.6. The number of ether oxygens (including phenoxy) is 1. The van der Waals surface area contributed by atoms with Gasteiger partial charge in [0.05, 0.1) is 19.2 Å². The first-order valence-electron chi connectivity index (χ1n) is 11.7. The van der Waals surface area contributed by atoms with E-state index in [9.17, 15) is 14.0 Å². The summed E-state index contributed by atoms with van der Waals surface area (Å²) < 4.78 is 21.0. The average Bonchev–Trinajstić information content (AvgIpc) is 3.40. The minimum Gasteiger partial charge on any atom is -0.376 e. The fraction of sp³-hybridized carbons (Fsp3) is 0.520. The normalized spacial score (nSPS) is 19.7. The van der Waals surface area contributed by atoms with E-state index in [1.54, 1.807) is 12.1 Å². The lowest BCUT2D eigenvalue weighted by Crippen LogP contribution is -2.49. The van der Waals surface area contributed by atoms with Gasteiger partial charge in [-0.1, -0.05) is 0 Å². The second-order valence-electron chi connectivity index (χ2n) is 9.06. The number of anilines is 1. The van der Waals surface area contributed by atoms with Crippen LogP contribution in [0.25, 0.3) is 0 Å². The Labute approximate surface area is 194 Å². The molecule has 2 aliphatic rings. The number of benzene rings is 1. The summed E-state index contributed by atoms with van der Waals surface area (Å²) in [6.45, 7) is 9.31. The summed E-state index contributed by atoms with van der Waals surface area (Å²) in [5, 5.41) is 2.79. The third-order valence-corrected chi connectivity index (χ3v) is 6.61. The number of halogens is 1. The zero-order chi connectivity index (χ0) is 23.4. The van der Waals surface area contributed by atoms with E-state index in [1.807, 2.05) is 13.0 Å². The van der Waals surface area contributed by atoms with Gasteiger partial charge in [-0.15, -0.1) is 0 Å². The molecule has 2 aliphatic heterocycles. The van der Waals surface area contributed by atoms with Crippen LogP contribution in [0.5, 0.6) is 0 Å². The molecular weight excluding hydrogens is 423 g/mol. The largest absolute Gasteiger partial charge is 0.376 e. The van der Waals surface area contributed by atoms with Gasteiger partial charge in [-0.2, -0.15) is 0 Å². The Bertz CT molecular complexity index is 974. The van der Waals surface area contributed by atoms with Crippen molar-refractivity contribution in [1.29, 1.82) is 0 Å². The van der Waals surface area contributed by atoms with Crippen LogP contribution in [0, 0.1) is 19.7 Å².